The highest BCUT2D eigenvalue weighted by atomic mass is 16.6. The van der Waals surface area contributed by atoms with Crippen LogP contribution in [-0.4, -0.2) is 72.4 Å². The van der Waals surface area contributed by atoms with Gasteiger partial charge in [-0.3, -0.25) is 9.59 Å². The summed E-state index contributed by atoms with van der Waals surface area (Å²) in [6.07, 6.45) is 23.5. The lowest BCUT2D eigenvalue weighted by Gasteiger charge is -2.60. The van der Waals surface area contributed by atoms with E-state index in [0.29, 0.717) is 50.5 Å². The number of carbonyl (C=O) groups excluding carboxylic acids is 2. The number of esters is 1. The van der Waals surface area contributed by atoms with Crippen LogP contribution in [0.15, 0.2) is 36.0 Å². The zero-order chi connectivity index (χ0) is 39.1. The molecule has 53 heavy (non-hydrogen) atoms. The van der Waals surface area contributed by atoms with E-state index in [1.54, 1.807) is 26.8 Å². The molecule has 0 saturated heterocycles. The van der Waals surface area contributed by atoms with E-state index < -0.39 is 57.8 Å². The topological polar surface area (TPSA) is 145 Å². The third kappa shape index (κ3) is 10.1. The number of unbranched alkanes of at least 4 members (excludes halogenated alkanes) is 8. The zero-order valence-electron chi connectivity index (χ0n) is 34.0. The highest BCUT2D eigenvalue weighted by molar-refractivity contribution is 5.95. The Morgan fingerprint density at radius 2 is 1.55 bits per heavy atom. The van der Waals surface area contributed by atoms with Gasteiger partial charge in [0.05, 0.1) is 23.4 Å². The lowest BCUT2D eigenvalue weighted by Crippen LogP contribution is -2.63. The van der Waals surface area contributed by atoms with E-state index in [-0.39, 0.29) is 36.9 Å². The first-order valence-corrected chi connectivity index (χ1v) is 21.2. The molecule has 10 atom stereocenters. The summed E-state index contributed by atoms with van der Waals surface area (Å²) in [6, 6.07) is 0. The molecular formula is C45H74O8. The maximum Gasteiger partial charge on any atom is 0.306 e. The molecule has 0 aromatic rings. The fraction of sp³-hybridized carbons (Fsp3) is 0.822. The van der Waals surface area contributed by atoms with Gasteiger partial charge in [-0.05, 0) is 140 Å². The van der Waals surface area contributed by atoms with Crippen molar-refractivity contribution in [3.8, 4) is 0 Å². The van der Waals surface area contributed by atoms with Crippen molar-refractivity contribution in [1.82, 2.24) is 0 Å². The van der Waals surface area contributed by atoms with Crippen LogP contribution in [0.3, 0.4) is 0 Å². The molecule has 0 heterocycles. The van der Waals surface area contributed by atoms with Gasteiger partial charge in [-0.25, -0.2) is 0 Å². The second kappa shape index (κ2) is 18.4. The minimum absolute atomic E-state index is 0.108. The first-order chi connectivity index (χ1) is 24.9. The van der Waals surface area contributed by atoms with E-state index in [4.69, 9.17) is 4.74 Å². The Bertz CT molecular complexity index is 1310. The van der Waals surface area contributed by atoms with Gasteiger partial charge in [-0.15, -0.1) is 0 Å². The van der Waals surface area contributed by atoms with Gasteiger partial charge in [0.15, 0.2) is 5.78 Å². The van der Waals surface area contributed by atoms with Gasteiger partial charge in [0.25, 0.3) is 0 Å². The molecule has 3 saturated carbocycles. The van der Waals surface area contributed by atoms with E-state index in [9.17, 15) is 35.1 Å². The maximum absolute atomic E-state index is 13.6. The standard InChI is InChI=1S/C45H74O8/c1-7-8-9-10-11-12-13-14-15-16-17-18-19-20-21-22-40(49)53-39(25-26-41(2,3)50)44(6,51)38-24-28-45(52)33-29-35(46)34-30-36(47)37(48)31-42(34,4)32(33)23-27-43(38,45)5/h11-12,14-15,29,32,34,36-39,47-48,50-52H,7-10,13,16-28,30-31H2,1-6H3/b12-11-,15-14-/t32-,34-,36+,37-,38-,39?,42+,43+,44+,45+/m0/s1. The lowest BCUT2D eigenvalue weighted by molar-refractivity contribution is -0.194. The number of hydrogen-bond donors (Lipinski definition) is 5. The SMILES string of the molecule is CCCCC/C=C\C/C=C\CCCCCCCC(=O)OC(CCC(C)(C)O)[C@](C)(O)[C@H]1CC[C@@]2(O)C3=CC(=O)[C@@H]4C[C@@H](O)[C@@H](O)C[C@]4(C)[C@H]3CC[C@]12C. The Labute approximate surface area is 320 Å². The average Bonchev–Trinajstić information content (AvgIpc) is 3.37. The maximum atomic E-state index is 13.6. The van der Waals surface area contributed by atoms with Gasteiger partial charge >= 0.3 is 5.97 Å². The summed E-state index contributed by atoms with van der Waals surface area (Å²) in [6.45, 7) is 11.4. The van der Waals surface area contributed by atoms with E-state index in [0.717, 1.165) is 38.5 Å². The van der Waals surface area contributed by atoms with E-state index in [1.165, 1.54) is 25.7 Å². The third-order valence-corrected chi connectivity index (χ3v) is 14.1. The molecule has 0 spiro atoms. The van der Waals surface area contributed by atoms with Gasteiger partial charge in [0.2, 0.25) is 0 Å². The Balaban J connectivity index is 1.34. The van der Waals surface area contributed by atoms with Crippen LogP contribution < -0.4 is 0 Å². The van der Waals surface area contributed by atoms with Crippen LogP contribution in [0, 0.1) is 28.6 Å². The predicted molar refractivity (Wildman–Crippen MR) is 210 cm³/mol. The van der Waals surface area contributed by atoms with Crippen LogP contribution in [0.2, 0.25) is 0 Å². The summed E-state index contributed by atoms with van der Waals surface area (Å²) in [5.41, 5.74) is -4.54. The molecule has 0 bridgehead atoms. The van der Waals surface area contributed by atoms with E-state index >= 15 is 0 Å². The number of carbonyl (C=O) groups is 2. The lowest BCUT2D eigenvalue weighted by atomic mass is 9.45. The quantitative estimate of drug-likeness (QED) is 0.0477. The number of aliphatic hydroxyl groups is 5. The van der Waals surface area contributed by atoms with Crippen molar-refractivity contribution in [3.63, 3.8) is 0 Å². The molecule has 302 valence electrons. The first-order valence-electron chi connectivity index (χ1n) is 21.2. The van der Waals surface area contributed by atoms with Crippen LogP contribution in [0.1, 0.15) is 170 Å². The van der Waals surface area contributed by atoms with Gasteiger partial charge in [-0.2, -0.15) is 0 Å². The number of ether oxygens (including phenoxy) is 1. The van der Waals surface area contributed by atoms with Crippen molar-refractivity contribution in [2.24, 2.45) is 28.6 Å². The van der Waals surface area contributed by atoms with Crippen molar-refractivity contribution in [3.05, 3.63) is 36.0 Å². The first kappa shape index (κ1) is 43.9. The summed E-state index contributed by atoms with van der Waals surface area (Å²) in [5, 5.41) is 56.9. The average molecular weight is 743 g/mol. The normalized spacial score (nSPS) is 34.7. The molecule has 4 aliphatic carbocycles. The fourth-order valence-corrected chi connectivity index (χ4v) is 10.8. The van der Waals surface area contributed by atoms with E-state index in [1.807, 2.05) is 13.8 Å². The molecule has 3 fully saturated rings. The number of fused-ring (bicyclic) bond motifs is 5. The molecule has 8 nitrogen and oxygen atoms in total. The molecule has 0 aliphatic heterocycles. The summed E-state index contributed by atoms with van der Waals surface area (Å²) in [5.74, 6) is -1.43. The van der Waals surface area contributed by atoms with Gasteiger partial charge in [-0.1, -0.05) is 77.2 Å². The largest absolute Gasteiger partial charge is 0.459 e. The summed E-state index contributed by atoms with van der Waals surface area (Å²) < 4.78 is 6.12. The van der Waals surface area contributed by atoms with Crippen molar-refractivity contribution in [2.45, 2.75) is 205 Å². The van der Waals surface area contributed by atoms with Crippen molar-refractivity contribution < 1.29 is 39.9 Å². The monoisotopic (exact) mass is 743 g/mol. The molecule has 0 aromatic heterocycles. The van der Waals surface area contributed by atoms with Crippen LogP contribution in [0.5, 0.6) is 0 Å². The minimum atomic E-state index is -1.50. The number of ketones is 1. The van der Waals surface area contributed by atoms with Gasteiger partial charge < -0.3 is 30.3 Å². The predicted octanol–water partition coefficient (Wildman–Crippen LogP) is 8.22. The van der Waals surface area contributed by atoms with Crippen molar-refractivity contribution in [1.29, 1.82) is 0 Å². The van der Waals surface area contributed by atoms with Gasteiger partial charge in [0.1, 0.15) is 11.7 Å². The molecule has 0 radical (unpaired) electrons. The van der Waals surface area contributed by atoms with Crippen LogP contribution in [0.4, 0.5) is 0 Å². The highest BCUT2D eigenvalue weighted by Gasteiger charge is 2.69. The molecule has 0 aromatic carbocycles. The Hall–Kier alpha value is -1.84. The second-order valence-electron chi connectivity index (χ2n) is 18.6. The van der Waals surface area contributed by atoms with E-state index in [2.05, 4.69) is 31.2 Å². The van der Waals surface area contributed by atoms with Crippen LogP contribution >= 0.6 is 0 Å². The van der Waals surface area contributed by atoms with Gasteiger partial charge in [0, 0.05) is 17.8 Å². The molecular weight excluding hydrogens is 668 g/mol. The van der Waals surface area contributed by atoms with Crippen molar-refractivity contribution >= 4 is 11.8 Å². The minimum Gasteiger partial charge on any atom is -0.459 e. The highest BCUT2D eigenvalue weighted by Crippen LogP contribution is 2.68. The van der Waals surface area contributed by atoms with Crippen molar-refractivity contribution in [2.75, 3.05) is 0 Å². The molecule has 0 amide bonds. The fourth-order valence-electron chi connectivity index (χ4n) is 10.8. The number of hydrogen-bond acceptors (Lipinski definition) is 8. The molecule has 8 heteroatoms. The molecule has 1 unspecified atom stereocenters. The van der Waals surface area contributed by atoms with Crippen LogP contribution in [-0.2, 0) is 14.3 Å². The van der Waals surface area contributed by atoms with Crippen LogP contribution in [0.25, 0.3) is 0 Å². The Morgan fingerprint density at radius 1 is 0.906 bits per heavy atom. The smallest absolute Gasteiger partial charge is 0.306 e. The zero-order valence-corrected chi connectivity index (χ0v) is 34.0. The Kier molecular flexibility index (Phi) is 15.2. The molecule has 4 rings (SSSR count). The third-order valence-electron chi connectivity index (χ3n) is 14.1. The number of rotatable bonds is 20. The summed E-state index contributed by atoms with van der Waals surface area (Å²) in [7, 11) is 0. The number of aliphatic hydroxyl groups excluding tert-OH is 2. The summed E-state index contributed by atoms with van der Waals surface area (Å²) in [4.78, 5) is 26.9. The Morgan fingerprint density at radius 3 is 2.21 bits per heavy atom. The second-order valence-corrected chi connectivity index (χ2v) is 18.6. The molecule has 5 N–H and O–H groups in total. The number of allylic oxidation sites excluding steroid dienone is 5. The molecule has 4 aliphatic rings. The summed E-state index contributed by atoms with van der Waals surface area (Å²) >= 11 is 0.